The number of hydrogen-bond donors (Lipinski definition) is 1. The average Bonchev–Trinajstić information content (AvgIpc) is 3.51. The van der Waals surface area contributed by atoms with Gasteiger partial charge in [0.15, 0.2) is 6.61 Å². The van der Waals surface area contributed by atoms with E-state index < -0.39 is 28.5 Å². The van der Waals surface area contributed by atoms with Crippen molar-refractivity contribution in [2.24, 2.45) is 0 Å². The second-order valence-electron chi connectivity index (χ2n) is 7.13. The van der Waals surface area contributed by atoms with Crippen LogP contribution in [0.25, 0.3) is 0 Å². The number of esters is 1. The highest BCUT2D eigenvalue weighted by Crippen LogP contribution is 2.19. The van der Waals surface area contributed by atoms with E-state index in [1.807, 2.05) is 0 Å². The number of carbonyl (C=O) groups is 2. The van der Waals surface area contributed by atoms with Gasteiger partial charge in [0.1, 0.15) is 5.76 Å². The fraction of sp³-hybridized carbons (Fsp3) is 0.286. The Morgan fingerprint density at radius 2 is 1.85 bits per heavy atom. The summed E-state index contributed by atoms with van der Waals surface area (Å²) in [5, 5.41) is 6.61. The van der Waals surface area contributed by atoms with Gasteiger partial charge in [-0.15, -0.1) is 0 Å². The lowest BCUT2D eigenvalue weighted by Gasteiger charge is -2.26. The van der Waals surface area contributed by atoms with Gasteiger partial charge in [0, 0.05) is 31.2 Å². The van der Waals surface area contributed by atoms with Crippen molar-refractivity contribution in [2.45, 2.75) is 11.4 Å². The predicted molar refractivity (Wildman–Crippen MR) is 115 cm³/mol. The van der Waals surface area contributed by atoms with Crippen LogP contribution in [0.3, 0.4) is 0 Å². The quantitative estimate of drug-likeness (QED) is 0.484. The van der Waals surface area contributed by atoms with Crippen molar-refractivity contribution in [1.82, 2.24) is 14.1 Å². The number of aromatic nitrogens is 2. The lowest BCUT2D eigenvalue weighted by Crippen LogP contribution is -2.40. The number of carbonyl (C=O) groups excluding carboxylic acids is 2. The van der Waals surface area contributed by atoms with Crippen LogP contribution >= 0.6 is 0 Å². The summed E-state index contributed by atoms with van der Waals surface area (Å²) in [5.74, 6) is -0.857. The first-order valence-electron chi connectivity index (χ1n) is 10.1. The monoisotopic (exact) mass is 474 g/mol. The molecule has 0 atom stereocenters. The topological polar surface area (TPSA) is 133 Å². The van der Waals surface area contributed by atoms with Gasteiger partial charge >= 0.3 is 5.97 Å². The number of nitrogens with one attached hydrogen (secondary N) is 1. The third-order valence-electron chi connectivity index (χ3n) is 4.82. The Balaban J connectivity index is 1.27. The molecule has 0 aliphatic carbocycles. The minimum atomic E-state index is -3.62. The molecule has 0 unspecified atom stereocenters. The summed E-state index contributed by atoms with van der Waals surface area (Å²) in [4.78, 5) is 24.4. The second kappa shape index (κ2) is 9.98. The average molecular weight is 474 g/mol. The van der Waals surface area contributed by atoms with Crippen molar-refractivity contribution >= 4 is 27.6 Å². The third kappa shape index (κ3) is 5.66. The van der Waals surface area contributed by atoms with Gasteiger partial charge in [-0.25, -0.2) is 13.2 Å². The Labute approximate surface area is 189 Å². The first kappa shape index (κ1) is 22.7. The summed E-state index contributed by atoms with van der Waals surface area (Å²) in [6.45, 7) is 1.14. The second-order valence-corrected chi connectivity index (χ2v) is 9.07. The van der Waals surface area contributed by atoms with Crippen molar-refractivity contribution in [3.63, 3.8) is 0 Å². The van der Waals surface area contributed by atoms with Gasteiger partial charge in [-0.3, -0.25) is 9.48 Å². The highest BCUT2D eigenvalue weighted by Gasteiger charge is 2.26. The molecule has 0 bridgehead atoms. The molecule has 11 nitrogen and oxygen atoms in total. The van der Waals surface area contributed by atoms with E-state index in [0.717, 1.165) is 0 Å². The lowest BCUT2D eigenvalue weighted by molar-refractivity contribution is -0.119. The van der Waals surface area contributed by atoms with Crippen LogP contribution in [0.5, 0.6) is 0 Å². The highest BCUT2D eigenvalue weighted by atomic mass is 32.2. The van der Waals surface area contributed by atoms with E-state index in [9.17, 15) is 18.0 Å². The van der Waals surface area contributed by atoms with Crippen molar-refractivity contribution in [3.05, 3.63) is 66.4 Å². The molecule has 0 spiro atoms. The van der Waals surface area contributed by atoms with Crippen LogP contribution in [0.15, 0.2) is 64.2 Å². The Bertz CT molecular complexity index is 1200. The molecule has 2 aromatic heterocycles. The van der Waals surface area contributed by atoms with E-state index in [1.165, 1.54) is 34.6 Å². The molecule has 3 heterocycles. The molecule has 1 fully saturated rings. The van der Waals surface area contributed by atoms with E-state index in [0.29, 0.717) is 44.3 Å². The van der Waals surface area contributed by atoms with Crippen LogP contribution in [0.4, 0.5) is 5.69 Å². The van der Waals surface area contributed by atoms with Crippen molar-refractivity contribution in [3.8, 4) is 0 Å². The maximum Gasteiger partial charge on any atom is 0.374 e. The predicted octanol–water partition coefficient (Wildman–Crippen LogP) is 1.34. The Kier molecular flexibility index (Phi) is 6.87. The molecule has 1 saturated heterocycles. The first-order chi connectivity index (χ1) is 15.9. The third-order valence-corrected chi connectivity index (χ3v) is 6.73. The summed E-state index contributed by atoms with van der Waals surface area (Å²) >= 11 is 0. The Morgan fingerprint density at radius 3 is 2.55 bits per heavy atom. The maximum absolute atomic E-state index is 12.6. The van der Waals surface area contributed by atoms with Gasteiger partial charge in [0.25, 0.3) is 5.91 Å². The van der Waals surface area contributed by atoms with E-state index in [-0.39, 0.29) is 10.7 Å². The van der Waals surface area contributed by atoms with E-state index in [2.05, 4.69) is 10.4 Å². The van der Waals surface area contributed by atoms with Crippen LogP contribution in [0.1, 0.15) is 16.3 Å². The molecular formula is C21H22N4O7S. The van der Waals surface area contributed by atoms with Crippen LogP contribution in [0, 0.1) is 0 Å². The fourth-order valence-electron chi connectivity index (χ4n) is 3.17. The zero-order valence-electron chi connectivity index (χ0n) is 17.5. The molecule has 1 N–H and O–H groups in total. The molecule has 33 heavy (non-hydrogen) atoms. The van der Waals surface area contributed by atoms with Crippen LogP contribution < -0.4 is 5.32 Å². The van der Waals surface area contributed by atoms with Crippen LogP contribution in [-0.4, -0.2) is 67.3 Å². The number of sulfonamides is 1. The van der Waals surface area contributed by atoms with Gasteiger partial charge in [-0.1, -0.05) is 0 Å². The summed E-state index contributed by atoms with van der Waals surface area (Å²) in [6.07, 6.45) is 3.39. The molecule has 4 rings (SSSR count). The highest BCUT2D eigenvalue weighted by molar-refractivity contribution is 7.89. The SMILES string of the molecule is O=C(COC(=O)c1ccc(Cn2cccn2)o1)Nc1ccc(S(=O)(=O)N2CCOCC2)cc1. The number of benzene rings is 1. The van der Waals surface area contributed by atoms with Crippen LogP contribution in [0.2, 0.25) is 0 Å². The molecule has 1 aliphatic rings. The number of anilines is 1. The number of furan rings is 1. The molecule has 0 radical (unpaired) electrons. The summed E-state index contributed by atoms with van der Waals surface area (Å²) in [6, 6.07) is 10.6. The van der Waals surface area contributed by atoms with E-state index in [1.54, 1.807) is 29.2 Å². The minimum Gasteiger partial charge on any atom is -0.452 e. The molecule has 174 valence electrons. The molecule has 1 aliphatic heterocycles. The fourth-order valence-corrected chi connectivity index (χ4v) is 4.58. The Hall–Kier alpha value is -3.48. The summed E-state index contributed by atoms with van der Waals surface area (Å²) < 4.78 is 43.9. The standard InChI is InChI=1S/C21H22N4O7S/c26-20(15-31-21(27)19-7-4-17(32-19)14-24-9-1-8-22-24)23-16-2-5-18(6-3-16)33(28,29)25-10-12-30-13-11-25/h1-9H,10-15H2,(H,23,26). The molecular weight excluding hydrogens is 452 g/mol. The first-order valence-corrected chi connectivity index (χ1v) is 11.6. The minimum absolute atomic E-state index is 0.0253. The largest absolute Gasteiger partial charge is 0.452 e. The Morgan fingerprint density at radius 1 is 1.09 bits per heavy atom. The zero-order chi connectivity index (χ0) is 23.3. The summed E-state index contributed by atoms with van der Waals surface area (Å²) in [5.41, 5.74) is 0.372. The van der Waals surface area contributed by atoms with Gasteiger partial charge in [0.05, 0.1) is 24.7 Å². The van der Waals surface area contributed by atoms with Gasteiger partial charge in [0.2, 0.25) is 15.8 Å². The van der Waals surface area contributed by atoms with Crippen molar-refractivity contribution < 1.29 is 31.9 Å². The number of amides is 1. The number of nitrogens with zero attached hydrogens (tertiary/aromatic N) is 3. The van der Waals surface area contributed by atoms with E-state index >= 15 is 0 Å². The molecule has 12 heteroatoms. The zero-order valence-corrected chi connectivity index (χ0v) is 18.4. The van der Waals surface area contributed by atoms with Gasteiger partial charge < -0.3 is 19.2 Å². The molecule has 0 saturated carbocycles. The van der Waals surface area contributed by atoms with Crippen molar-refractivity contribution in [1.29, 1.82) is 0 Å². The smallest absolute Gasteiger partial charge is 0.374 e. The van der Waals surface area contributed by atoms with Gasteiger partial charge in [-0.05, 0) is 42.5 Å². The van der Waals surface area contributed by atoms with Crippen LogP contribution in [-0.2, 0) is 30.8 Å². The normalized spacial score (nSPS) is 14.7. The number of hydrogen-bond acceptors (Lipinski definition) is 8. The van der Waals surface area contributed by atoms with Crippen molar-refractivity contribution in [2.75, 3.05) is 38.2 Å². The van der Waals surface area contributed by atoms with E-state index in [4.69, 9.17) is 13.9 Å². The maximum atomic E-state index is 12.6. The number of ether oxygens (including phenoxy) is 2. The lowest BCUT2D eigenvalue weighted by atomic mass is 10.3. The number of rotatable bonds is 8. The summed E-state index contributed by atoms with van der Waals surface area (Å²) in [7, 11) is -3.62. The molecule has 1 amide bonds. The van der Waals surface area contributed by atoms with Gasteiger partial charge in [-0.2, -0.15) is 9.40 Å². The number of morpholine rings is 1. The molecule has 3 aromatic rings. The molecule has 1 aromatic carbocycles.